The Balaban J connectivity index is 1.70. The lowest BCUT2D eigenvalue weighted by Gasteiger charge is -2.28. The monoisotopic (exact) mass is 274 g/mol. The van der Waals surface area contributed by atoms with Gasteiger partial charge in [-0.1, -0.05) is 42.5 Å². The van der Waals surface area contributed by atoms with Gasteiger partial charge in [0.1, 0.15) is 5.69 Å². The third-order valence-electron chi connectivity index (χ3n) is 4.07. The van der Waals surface area contributed by atoms with Crippen LogP contribution in [0.5, 0.6) is 0 Å². The number of fused-ring (bicyclic) bond motifs is 1. The highest BCUT2D eigenvalue weighted by Crippen LogP contribution is 2.37. The van der Waals surface area contributed by atoms with Crippen LogP contribution in [0.15, 0.2) is 66.9 Å². The van der Waals surface area contributed by atoms with Crippen molar-refractivity contribution in [2.75, 3.05) is 0 Å². The largest absolute Gasteiger partial charge is 0.292 e. The third-order valence-corrected chi connectivity index (χ3v) is 4.07. The molecule has 3 heteroatoms. The number of ketones is 1. The van der Waals surface area contributed by atoms with Gasteiger partial charge in [-0.3, -0.25) is 4.79 Å². The summed E-state index contributed by atoms with van der Waals surface area (Å²) in [6, 6.07) is 19.7. The maximum absolute atomic E-state index is 12.8. The molecule has 2 aromatic carbocycles. The van der Waals surface area contributed by atoms with Crippen molar-refractivity contribution < 1.29 is 4.79 Å². The molecular weight excluding hydrogens is 260 g/mol. The summed E-state index contributed by atoms with van der Waals surface area (Å²) >= 11 is 0. The minimum atomic E-state index is -0.0274. The number of carbonyl (C=O) groups is 1. The van der Waals surface area contributed by atoms with Crippen molar-refractivity contribution >= 4 is 5.78 Å². The van der Waals surface area contributed by atoms with Crippen molar-refractivity contribution in [1.82, 2.24) is 9.78 Å². The second-order valence-corrected chi connectivity index (χ2v) is 5.28. The topological polar surface area (TPSA) is 34.9 Å². The van der Waals surface area contributed by atoms with Gasteiger partial charge in [-0.15, -0.1) is 0 Å². The van der Waals surface area contributed by atoms with Crippen LogP contribution in [0.25, 0.3) is 5.69 Å². The Labute approximate surface area is 122 Å². The number of rotatable bonds is 3. The van der Waals surface area contributed by atoms with E-state index < -0.39 is 0 Å². The van der Waals surface area contributed by atoms with Crippen LogP contribution < -0.4 is 0 Å². The van der Waals surface area contributed by atoms with Crippen LogP contribution in [0.1, 0.15) is 27.5 Å². The van der Waals surface area contributed by atoms with Gasteiger partial charge in [-0.05, 0) is 35.7 Å². The molecule has 4 rings (SSSR count). The second kappa shape index (κ2) is 4.70. The van der Waals surface area contributed by atoms with Gasteiger partial charge in [0.2, 0.25) is 0 Å². The van der Waals surface area contributed by atoms with E-state index in [1.54, 1.807) is 16.9 Å². The van der Waals surface area contributed by atoms with E-state index in [-0.39, 0.29) is 11.7 Å². The van der Waals surface area contributed by atoms with Crippen LogP contribution in [0.3, 0.4) is 0 Å². The molecule has 0 aliphatic heterocycles. The lowest BCUT2D eigenvalue weighted by Crippen LogP contribution is -2.26. The molecule has 0 saturated carbocycles. The molecule has 1 aliphatic carbocycles. The van der Waals surface area contributed by atoms with Gasteiger partial charge in [-0.25, -0.2) is 4.68 Å². The fraction of sp³-hybridized carbons (Fsp3) is 0.111. The Morgan fingerprint density at radius 3 is 2.57 bits per heavy atom. The van der Waals surface area contributed by atoms with E-state index in [1.807, 2.05) is 48.5 Å². The smallest absolute Gasteiger partial charge is 0.189 e. The highest BCUT2D eigenvalue weighted by Gasteiger charge is 2.33. The number of para-hydroxylation sites is 1. The second-order valence-electron chi connectivity index (χ2n) is 5.28. The molecule has 21 heavy (non-hydrogen) atoms. The maximum atomic E-state index is 12.8. The van der Waals surface area contributed by atoms with Crippen molar-refractivity contribution in [1.29, 1.82) is 0 Å². The normalized spacial score (nSPS) is 16.1. The number of carbonyl (C=O) groups excluding carboxylic acids is 1. The first kappa shape index (κ1) is 12.1. The molecule has 1 atom stereocenters. The predicted octanol–water partition coefficient (Wildman–Crippen LogP) is 3.39. The Morgan fingerprint density at radius 1 is 1.00 bits per heavy atom. The average molecular weight is 274 g/mol. The molecule has 0 radical (unpaired) electrons. The van der Waals surface area contributed by atoms with Crippen LogP contribution in [0, 0.1) is 0 Å². The fourth-order valence-corrected chi connectivity index (χ4v) is 2.94. The van der Waals surface area contributed by atoms with Gasteiger partial charge in [0, 0.05) is 0 Å². The van der Waals surface area contributed by atoms with E-state index in [0.29, 0.717) is 5.69 Å². The number of hydrogen-bond donors (Lipinski definition) is 0. The van der Waals surface area contributed by atoms with E-state index >= 15 is 0 Å². The lowest BCUT2D eigenvalue weighted by molar-refractivity contribution is 0.0941. The summed E-state index contributed by atoms with van der Waals surface area (Å²) < 4.78 is 1.73. The van der Waals surface area contributed by atoms with E-state index in [4.69, 9.17) is 0 Å². The Morgan fingerprint density at radius 2 is 1.76 bits per heavy atom. The molecule has 1 unspecified atom stereocenters. The van der Waals surface area contributed by atoms with Crippen molar-refractivity contribution in [2.24, 2.45) is 0 Å². The van der Waals surface area contributed by atoms with E-state index in [1.165, 1.54) is 5.56 Å². The van der Waals surface area contributed by atoms with Crippen LogP contribution in [0.2, 0.25) is 0 Å². The summed E-state index contributed by atoms with van der Waals surface area (Å²) in [5, 5.41) is 4.30. The molecular formula is C18H14N2O. The molecule has 3 nitrogen and oxygen atoms in total. The van der Waals surface area contributed by atoms with Gasteiger partial charge < -0.3 is 0 Å². The standard InChI is InChI=1S/C18H14N2O/c21-18(16-12-13-6-4-5-9-15(13)16)17-10-11-19-20(17)14-7-2-1-3-8-14/h1-11,16H,12H2. The highest BCUT2D eigenvalue weighted by atomic mass is 16.1. The number of benzene rings is 2. The van der Waals surface area contributed by atoms with Gasteiger partial charge in [-0.2, -0.15) is 5.10 Å². The zero-order chi connectivity index (χ0) is 14.2. The molecule has 0 bridgehead atoms. The van der Waals surface area contributed by atoms with Crippen LogP contribution in [-0.2, 0) is 6.42 Å². The third kappa shape index (κ3) is 1.89. The molecule has 0 N–H and O–H groups in total. The summed E-state index contributed by atoms with van der Waals surface area (Å²) in [5.74, 6) is 0.121. The molecule has 1 aliphatic rings. The molecule has 102 valence electrons. The quantitative estimate of drug-likeness (QED) is 0.686. The van der Waals surface area contributed by atoms with Crippen molar-refractivity contribution in [3.05, 3.63) is 83.7 Å². The van der Waals surface area contributed by atoms with Gasteiger partial charge in [0.15, 0.2) is 5.78 Å². The summed E-state index contributed by atoms with van der Waals surface area (Å²) in [6.07, 6.45) is 2.51. The number of nitrogens with zero attached hydrogens (tertiary/aromatic N) is 2. The fourth-order valence-electron chi connectivity index (χ4n) is 2.94. The zero-order valence-electron chi connectivity index (χ0n) is 11.4. The minimum Gasteiger partial charge on any atom is -0.292 e. The summed E-state index contributed by atoms with van der Waals surface area (Å²) in [6.45, 7) is 0. The molecule has 1 heterocycles. The van der Waals surface area contributed by atoms with Crippen molar-refractivity contribution in [2.45, 2.75) is 12.3 Å². The number of hydrogen-bond acceptors (Lipinski definition) is 2. The summed E-state index contributed by atoms with van der Waals surface area (Å²) in [7, 11) is 0. The van der Waals surface area contributed by atoms with Crippen LogP contribution >= 0.6 is 0 Å². The lowest BCUT2D eigenvalue weighted by atomic mass is 9.74. The molecule has 3 aromatic rings. The molecule has 0 amide bonds. The van der Waals surface area contributed by atoms with E-state index in [2.05, 4.69) is 11.2 Å². The SMILES string of the molecule is O=C(c1ccnn1-c1ccccc1)C1Cc2ccccc21. The average Bonchev–Trinajstić information content (AvgIpc) is 2.99. The van der Waals surface area contributed by atoms with Crippen LogP contribution in [-0.4, -0.2) is 15.6 Å². The Kier molecular flexibility index (Phi) is 2.71. The zero-order valence-corrected chi connectivity index (χ0v) is 11.4. The van der Waals surface area contributed by atoms with Crippen molar-refractivity contribution in [3.63, 3.8) is 0 Å². The summed E-state index contributed by atoms with van der Waals surface area (Å²) in [4.78, 5) is 12.8. The Hall–Kier alpha value is -2.68. The molecule has 0 fully saturated rings. The van der Waals surface area contributed by atoms with E-state index in [9.17, 15) is 4.79 Å². The van der Waals surface area contributed by atoms with Crippen molar-refractivity contribution in [3.8, 4) is 5.69 Å². The van der Waals surface area contributed by atoms with Crippen LogP contribution in [0.4, 0.5) is 0 Å². The molecule has 0 saturated heterocycles. The predicted molar refractivity (Wildman–Crippen MR) is 80.8 cm³/mol. The number of Topliss-reactive ketones (excluding diaryl/α,β-unsaturated/α-hetero) is 1. The first-order chi connectivity index (χ1) is 10.3. The van der Waals surface area contributed by atoms with Gasteiger partial charge in [0.05, 0.1) is 17.8 Å². The van der Waals surface area contributed by atoms with Gasteiger partial charge in [0.25, 0.3) is 0 Å². The maximum Gasteiger partial charge on any atom is 0.189 e. The Bertz CT molecular complexity index is 805. The number of aromatic nitrogens is 2. The molecule has 0 spiro atoms. The first-order valence-electron chi connectivity index (χ1n) is 7.06. The van der Waals surface area contributed by atoms with Gasteiger partial charge >= 0.3 is 0 Å². The highest BCUT2D eigenvalue weighted by molar-refractivity contribution is 6.01. The summed E-state index contributed by atoms with van der Waals surface area (Å²) in [5.41, 5.74) is 4.00. The molecule has 1 aromatic heterocycles. The first-order valence-corrected chi connectivity index (χ1v) is 7.06. The minimum absolute atomic E-state index is 0.0274. The van der Waals surface area contributed by atoms with E-state index in [0.717, 1.165) is 17.7 Å².